The molecule has 4 nitrogen and oxygen atoms in total. The van der Waals surface area contributed by atoms with Crippen LogP contribution in [0.3, 0.4) is 0 Å². The van der Waals surface area contributed by atoms with Crippen molar-refractivity contribution in [3.63, 3.8) is 0 Å². The summed E-state index contributed by atoms with van der Waals surface area (Å²) in [5, 5.41) is 2.74. The number of rotatable bonds is 3. The Hall–Kier alpha value is -1.84. The predicted octanol–water partition coefficient (Wildman–Crippen LogP) is 1.45. The molecule has 4 heteroatoms. The van der Waals surface area contributed by atoms with E-state index in [1.54, 1.807) is 0 Å². The van der Waals surface area contributed by atoms with Crippen molar-refractivity contribution in [3.8, 4) is 0 Å². The highest BCUT2D eigenvalue weighted by Gasteiger charge is 2.21. The van der Waals surface area contributed by atoms with Crippen LogP contribution in [-0.4, -0.2) is 18.4 Å². The average Bonchev–Trinajstić information content (AvgIpc) is 2.73. The molecule has 1 saturated heterocycles. The highest BCUT2D eigenvalue weighted by molar-refractivity contribution is 5.95. The molecule has 0 spiro atoms. The zero-order valence-corrected chi connectivity index (χ0v) is 9.90. The summed E-state index contributed by atoms with van der Waals surface area (Å²) in [4.78, 5) is 24.1. The normalized spacial score (nSPS) is 15.1. The molecule has 1 aromatic rings. The van der Waals surface area contributed by atoms with Crippen LogP contribution in [-0.2, 0) is 16.1 Å². The van der Waals surface area contributed by atoms with Crippen LogP contribution < -0.4 is 10.2 Å². The smallest absolute Gasteiger partial charge is 0.227 e. The minimum absolute atomic E-state index is 0.0382. The van der Waals surface area contributed by atoms with Gasteiger partial charge >= 0.3 is 0 Å². The molecule has 90 valence electrons. The lowest BCUT2D eigenvalue weighted by molar-refractivity contribution is -0.119. The summed E-state index contributed by atoms with van der Waals surface area (Å²) in [7, 11) is 0. The van der Waals surface area contributed by atoms with E-state index < -0.39 is 0 Å². The van der Waals surface area contributed by atoms with Crippen LogP contribution in [0.4, 0.5) is 5.69 Å². The Bertz CT molecular complexity index is 426. The summed E-state index contributed by atoms with van der Waals surface area (Å²) in [5.74, 6) is 0.156. The zero-order chi connectivity index (χ0) is 12.3. The fourth-order valence-electron chi connectivity index (χ4n) is 1.94. The Morgan fingerprint density at radius 1 is 1.35 bits per heavy atom. The molecule has 0 saturated carbocycles. The van der Waals surface area contributed by atoms with Crippen LogP contribution in [0, 0.1) is 0 Å². The second-order valence-corrected chi connectivity index (χ2v) is 4.23. The monoisotopic (exact) mass is 232 g/mol. The van der Waals surface area contributed by atoms with Crippen molar-refractivity contribution in [1.29, 1.82) is 0 Å². The van der Waals surface area contributed by atoms with Crippen molar-refractivity contribution < 1.29 is 9.59 Å². The first-order valence-electron chi connectivity index (χ1n) is 5.80. The Morgan fingerprint density at radius 3 is 2.59 bits per heavy atom. The minimum atomic E-state index is -0.0382. The van der Waals surface area contributed by atoms with E-state index in [9.17, 15) is 9.59 Å². The van der Waals surface area contributed by atoms with E-state index >= 15 is 0 Å². The fourth-order valence-corrected chi connectivity index (χ4v) is 1.94. The van der Waals surface area contributed by atoms with Crippen LogP contribution in [0.5, 0.6) is 0 Å². The quantitative estimate of drug-likeness (QED) is 0.857. The maximum absolute atomic E-state index is 11.5. The zero-order valence-electron chi connectivity index (χ0n) is 9.90. The van der Waals surface area contributed by atoms with E-state index in [4.69, 9.17) is 0 Å². The van der Waals surface area contributed by atoms with Crippen LogP contribution in [0.2, 0.25) is 0 Å². The number of carbonyl (C=O) groups excluding carboxylic acids is 2. The summed E-state index contributed by atoms with van der Waals surface area (Å²) in [6.45, 7) is 2.84. The molecule has 1 heterocycles. The molecule has 1 aliphatic rings. The first-order chi connectivity index (χ1) is 8.16. The van der Waals surface area contributed by atoms with Crippen LogP contribution in [0.1, 0.15) is 25.3 Å². The van der Waals surface area contributed by atoms with Crippen LogP contribution >= 0.6 is 0 Å². The van der Waals surface area contributed by atoms with Crippen LogP contribution in [0.25, 0.3) is 0 Å². The third kappa shape index (κ3) is 2.84. The molecule has 1 fully saturated rings. The Kier molecular flexibility index (Phi) is 3.42. The molecule has 1 N–H and O–H groups in total. The number of hydrogen-bond donors (Lipinski definition) is 1. The van der Waals surface area contributed by atoms with Crippen molar-refractivity contribution >= 4 is 17.5 Å². The average molecular weight is 232 g/mol. The number of anilines is 1. The molecule has 17 heavy (non-hydrogen) atoms. The lowest BCUT2D eigenvalue weighted by atomic mass is 10.2. The Labute approximate surface area is 101 Å². The first kappa shape index (κ1) is 11.6. The maximum atomic E-state index is 11.5. The van der Waals surface area contributed by atoms with E-state index in [2.05, 4.69) is 5.32 Å². The molecule has 2 rings (SSSR count). The molecular formula is C13H16N2O2. The fraction of sp³-hybridized carbons (Fsp3) is 0.385. The number of benzene rings is 1. The summed E-state index contributed by atoms with van der Waals surface area (Å²) < 4.78 is 0. The molecular weight excluding hydrogens is 216 g/mol. The van der Waals surface area contributed by atoms with Gasteiger partial charge in [-0.15, -0.1) is 0 Å². The van der Waals surface area contributed by atoms with Gasteiger partial charge in [0.1, 0.15) is 0 Å². The van der Waals surface area contributed by atoms with Gasteiger partial charge in [0.25, 0.3) is 0 Å². The van der Waals surface area contributed by atoms with Crippen molar-refractivity contribution in [3.05, 3.63) is 29.8 Å². The first-order valence-corrected chi connectivity index (χ1v) is 5.80. The molecule has 0 bridgehead atoms. The van der Waals surface area contributed by atoms with Gasteiger partial charge in [-0.25, -0.2) is 0 Å². The van der Waals surface area contributed by atoms with Gasteiger partial charge in [-0.2, -0.15) is 0 Å². The van der Waals surface area contributed by atoms with Gasteiger partial charge in [-0.05, 0) is 24.1 Å². The van der Waals surface area contributed by atoms with E-state index in [1.165, 1.54) is 6.92 Å². The summed E-state index contributed by atoms with van der Waals surface area (Å²) in [5.41, 5.74) is 1.98. The Balaban J connectivity index is 2.02. The molecule has 0 aliphatic carbocycles. The standard InChI is InChI=1S/C13H16N2O2/c1-10(16)14-9-11-4-6-12(7-5-11)15-8-2-3-13(15)17/h4-7H,2-3,8-9H2,1H3,(H,14,16). The van der Waals surface area contributed by atoms with Gasteiger partial charge in [0, 0.05) is 32.1 Å². The molecule has 0 atom stereocenters. The van der Waals surface area contributed by atoms with Gasteiger partial charge in [0.15, 0.2) is 0 Å². The number of carbonyl (C=O) groups is 2. The molecule has 1 aliphatic heterocycles. The third-order valence-electron chi connectivity index (χ3n) is 2.86. The van der Waals surface area contributed by atoms with Crippen molar-refractivity contribution in [1.82, 2.24) is 5.32 Å². The van der Waals surface area contributed by atoms with Crippen LogP contribution in [0.15, 0.2) is 24.3 Å². The second-order valence-electron chi connectivity index (χ2n) is 4.23. The third-order valence-corrected chi connectivity index (χ3v) is 2.86. The summed E-state index contributed by atoms with van der Waals surface area (Å²) in [6.07, 6.45) is 1.58. The van der Waals surface area contributed by atoms with E-state index in [0.29, 0.717) is 13.0 Å². The predicted molar refractivity (Wildman–Crippen MR) is 65.5 cm³/mol. The van der Waals surface area contributed by atoms with Gasteiger partial charge in [0.05, 0.1) is 0 Å². The highest BCUT2D eigenvalue weighted by Crippen LogP contribution is 2.21. The second kappa shape index (κ2) is 4.99. The lowest BCUT2D eigenvalue weighted by Gasteiger charge is -2.15. The number of amides is 2. The van der Waals surface area contributed by atoms with Crippen molar-refractivity contribution in [2.75, 3.05) is 11.4 Å². The van der Waals surface area contributed by atoms with Gasteiger partial charge in [0.2, 0.25) is 11.8 Å². The molecule has 2 amide bonds. The largest absolute Gasteiger partial charge is 0.352 e. The van der Waals surface area contributed by atoms with Gasteiger partial charge in [-0.3, -0.25) is 9.59 Å². The molecule has 0 aromatic heterocycles. The van der Waals surface area contributed by atoms with E-state index in [0.717, 1.165) is 24.2 Å². The van der Waals surface area contributed by atoms with E-state index in [1.807, 2.05) is 29.2 Å². The summed E-state index contributed by atoms with van der Waals surface area (Å²) in [6, 6.07) is 7.74. The lowest BCUT2D eigenvalue weighted by Crippen LogP contribution is -2.23. The SMILES string of the molecule is CC(=O)NCc1ccc(N2CCCC2=O)cc1. The van der Waals surface area contributed by atoms with Gasteiger partial charge < -0.3 is 10.2 Å². The number of nitrogens with zero attached hydrogens (tertiary/aromatic N) is 1. The summed E-state index contributed by atoms with van der Waals surface area (Å²) >= 11 is 0. The topological polar surface area (TPSA) is 49.4 Å². The maximum Gasteiger partial charge on any atom is 0.227 e. The minimum Gasteiger partial charge on any atom is -0.352 e. The highest BCUT2D eigenvalue weighted by atomic mass is 16.2. The van der Waals surface area contributed by atoms with Crippen molar-refractivity contribution in [2.24, 2.45) is 0 Å². The number of hydrogen-bond acceptors (Lipinski definition) is 2. The van der Waals surface area contributed by atoms with E-state index in [-0.39, 0.29) is 11.8 Å². The van der Waals surface area contributed by atoms with Gasteiger partial charge in [-0.1, -0.05) is 12.1 Å². The molecule has 0 unspecified atom stereocenters. The Morgan fingerprint density at radius 2 is 2.06 bits per heavy atom. The molecule has 0 radical (unpaired) electrons. The molecule has 1 aromatic carbocycles. The number of nitrogens with one attached hydrogen (secondary N) is 1. The van der Waals surface area contributed by atoms with Crippen molar-refractivity contribution in [2.45, 2.75) is 26.3 Å².